The molecule has 0 fully saturated rings. The van der Waals surface area contributed by atoms with Crippen molar-refractivity contribution in [3.63, 3.8) is 0 Å². The van der Waals surface area contributed by atoms with Crippen LogP contribution in [0.25, 0.3) is 0 Å². The lowest BCUT2D eigenvalue weighted by Crippen LogP contribution is -2.25. The van der Waals surface area contributed by atoms with E-state index in [1.165, 1.54) is 12.1 Å². The molecule has 0 aliphatic rings. The predicted molar refractivity (Wildman–Crippen MR) is 83.7 cm³/mol. The van der Waals surface area contributed by atoms with Crippen LogP contribution in [0.5, 0.6) is 5.75 Å². The maximum Gasteiger partial charge on any atom is 0.277 e. The molecule has 114 valence electrons. The normalized spacial score (nSPS) is 11.1. The van der Waals surface area contributed by atoms with Crippen molar-refractivity contribution in [3.8, 4) is 5.75 Å². The molecular weight excluding hydrogens is 307 g/mol. The van der Waals surface area contributed by atoms with E-state index in [1.54, 1.807) is 43.3 Å². The fourth-order valence-electron chi connectivity index (χ4n) is 1.61. The Hall–Kier alpha value is -2.40. The van der Waals surface area contributed by atoms with Gasteiger partial charge < -0.3 is 4.74 Å². The minimum absolute atomic E-state index is 0.165. The number of rotatable bonds is 5. The fourth-order valence-corrected chi connectivity index (χ4v) is 1.74. The molecule has 0 bridgehead atoms. The average Bonchev–Trinajstić information content (AvgIpc) is 2.52. The molecule has 0 atom stereocenters. The van der Waals surface area contributed by atoms with Crippen LogP contribution in [0.3, 0.4) is 0 Å². The number of carbonyl (C=O) groups is 1. The van der Waals surface area contributed by atoms with Crippen molar-refractivity contribution >= 4 is 23.2 Å². The molecular formula is C16H14ClFN2O2. The van der Waals surface area contributed by atoms with Crippen molar-refractivity contribution in [1.82, 2.24) is 5.43 Å². The first-order valence-corrected chi connectivity index (χ1v) is 6.90. The number of nitrogens with one attached hydrogen (secondary N) is 1. The number of hydrogen-bond donors (Lipinski definition) is 1. The average molecular weight is 321 g/mol. The molecule has 2 rings (SSSR count). The summed E-state index contributed by atoms with van der Waals surface area (Å²) in [6.07, 6.45) is 0. The highest BCUT2D eigenvalue weighted by Gasteiger charge is 2.03. The summed E-state index contributed by atoms with van der Waals surface area (Å²) in [5, 5.41) is 4.54. The Morgan fingerprint density at radius 2 is 1.82 bits per heavy atom. The molecule has 0 saturated carbocycles. The zero-order chi connectivity index (χ0) is 15.9. The van der Waals surface area contributed by atoms with Crippen LogP contribution in [0.15, 0.2) is 53.6 Å². The van der Waals surface area contributed by atoms with Crippen molar-refractivity contribution in [1.29, 1.82) is 0 Å². The molecule has 0 spiro atoms. The monoisotopic (exact) mass is 320 g/mol. The Morgan fingerprint density at radius 1 is 1.18 bits per heavy atom. The standard InChI is InChI=1S/C16H14ClFN2O2/c1-11(12-2-6-14(18)7-3-12)19-20-16(21)10-22-15-8-4-13(17)5-9-15/h2-9H,10H2,1H3,(H,20,21)/b19-11+. The lowest BCUT2D eigenvalue weighted by atomic mass is 10.1. The third-order valence-corrected chi connectivity index (χ3v) is 3.05. The van der Waals surface area contributed by atoms with Crippen LogP contribution in [0.1, 0.15) is 12.5 Å². The smallest absolute Gasteiger partial charge is 0.277 e. The number of hydrazone groups is 1. The SMILES string of the molecule is C/C(=N\NC(=O)COc1ccc(Cl)cc1)c1ccc(F)cc1. The maximum absolute atomic E-state index is 12.8. The molecule has 0 aromatic heterocycles. The van der Waals surface area contributed by atoms with Gasteiger partial charge in [-0.1, -0.05) is 23.7 Å². The van der Waals surface area contributed by atoms with E-state index in [0.29, 0.717) is 16.5 Å². The number of benzene rings is 2. The van der Waals surface area contributed by atoms with Crippen molar-refractivity contribution in [2.75, 3.05) is 6.61 Å². The maximum atomic E-state index is 12.8. The first-order chi connectivity index (χ1) is 10.5. The van der Waals surface area contributed by atoms with Gasteiger partial charge >= 0.3 is 0 Å². The molecule has 0 saturated heterocycles. The Bertz CT molecular complexity index is 670. The second-order valence-electron chi connectivity index (χ2n) is 4.48. The van der Waals surface area contributed by atoms with Crippen molar-refractivity contribution in [2.24, 2.45) is 5.10 Å². The highest BCUT2D eigenvalue weighted by atomic mass is 35.5. The zero-order valence-electron chi connectivity index (χ0n) is 11.8. The second-order valence-corrected chi connectivity index (χ2v) is 4.92. The number of hydrogen-bond acceptors (Lipinski definition) is 3. The van der Waals surface area contributed by atoms with Gasteiger partial charge in [-0.15, -0.1) is 0 Å². The van der Waals surface area contributed by atoms with Gasteiger partial charge in [0.05, 0.1) is 5.71 Å². The van der Waals surface area contributed by atoms with Crippen LogP contribution in [-0.4, -0.2) is 18.2 Å². The molecule has 2 aromatic carbocycles. The van der Waals surface area contributed by atoms with E-state index in [-0.39, 0.29) is 12.4 Å². The summed E-state index contributed by atoms with van der Waals surface area (Å²) < 4.78 is 18.1. The van der Waals surface area contributed by atoms with Crippen LogP contribution >= 0.6 is 11.6 Å². The van der Waals surface area contributed by atoms with E-state index in [1.807, 2.05) is 0 Å². The van der Waals surface area contributed by atoms with E-state index in [9.17, 15) is 9.18 Å². The van der Waals surface area contributed by atoms with Gasteiger partial charge in [0.1, 0.15) is 11.6 Å². The highest BCUT2D eigenvalue weighted by Crippen LogP contribution is 2.15. The largest absolute Gasteiger partial charge is 0.484 e. The van der Waals surface area contributed by atoms with E-state index in [2.05, 4.69) is 10.5 Å². The molecule has 6 heteroatoms. The lowest BCUT2D eigenvalue weighted by Gasteiger charge is -2.06. The molecule has 0 aliphatic carbocycles. The van der Waals surface area contributed by atoms with Crippen LogP contribution in [0, 0.1) is 5.82 Å². The lowest BCUT2D eigenvalue weighted by molar-refractivity contribution is -0.123. The van der Waals surface area contributed by atoms with E-state index in [0.717, 1.165) is 5.56 Å². The fraction of sp³-hybridized carbons (Fsp3) is 0.125. The second kappa shape index (κ2) is 7.56. The summed E-state index contributed by atoms with van der Waals surface area (Å²) in [6, 6.07) is 12.5. The highest BCUT2D eigenvalue weighted by molar-refractivity contribution is 6.30. The summed E-state index contributed by atoms with van der Waals surface area (Å²) in [7, 11) is 0. The van der Waals surface area contributed by atoms with E-state index < -0.39 is 5.91 Å². The molecule has 0 radical (unpaired) electrons. The number of halogens is 2. The first-order valence-electron chi connectivity index (χ1n) is 6.52. The van der Waals surface area contributed by atoms with Crippen LogP contribution in [0.2, 0.25) is 5.02 Å². The van der Waals surface area contributed by atoms with E-state index in [4.69, 9.17) is 16.3 Å². The van der Waals surface area contributed by atoms with Crippen LogP contribution in [-0.2, 0) is 4.79 Å². The van der Waals surface area contributed by atoms with Gasteiger partial charge in [-0.05, 0) is 48.9 Å². The molecule has 0 aliphatic heterocycles. The topological polar surface area (TPSA) is 50.7 Å². The molecule has 4 nitrogen and oxygen atoms in total. The summed E-state index contributed by atoms with van der Waals surface area (Å²) in [6.45, 7) is 1.55. The van der Waals surface area contributed by atoms with Crippen molar-refractivity contribution < 1.29 is 13.9 Å². The van der Waals surface area contributed by atoms with Crippen LogP contribution < -0.4 is 10.2 Å². The third-order valence-electron chi connectivity index (χ3n) is 2.79. The Labute approximate surface area is 132 Å². The first kappa shape index (κ1) is 16.0. The summed E-state index contributed by atoms with van der Waals surface area (Å²) in [4.78, 5) is 11.6. The molecule has 1 amide bonds. The summed E-state index contributed by atoms with van der Waals surface area (Å²) in [5.41, 5.74) is 3.67. The molecule has 0 unspecified atom stereocenters. The number of ether oxygens (including phenoxy) is 1. The van der Waals surface area contributed by atoms with Gasteiger partial charge in [-0.25, -0.2) is 9.82 Å². The van der Waals surface area contributed by atoms with Crippen molar-refractivity contribution in [2.45, 2.75) is 6.92 Å². The number of amides is 1. The van der Waals surface area contributed by atoms with Crippen LogP contribution in [0.4, 0.5) is 4.39 Å². The number of carbonyl (C=O) groups excluding carboxylic acids is 1. The molecule has 1 N–H and O–H groups in total. The Morgan fingerprint density at radius 3 is 2.45 bits per heavy atom. The quantitative estimate of drug-likeness (QED) is 0.678. The third kappa shape index (κ3) is 4.86. The summed E-state index contributed by atoms with van der Waals surface area (Å²) in [5.74, 6) is -0.174. The van der Waals surface area contributed by atoms with Gasteiger partial charge in [0.2, 0.25) is 0 Å². The zero-order valence-corrected chi connectivity index (χ0v) is 12.6. The van der Waals surface area contributed by atoms with Gasteiger partial charge in [0.15, 0.2) is 6.61 Å². The molecule has 2 aromatic rings. The minimum Gasteiger partial charge on any atom is -0.484 e. The molecule has 0 heterocycles. The van der Waals surface area contributed by atoms with Gasteiger partial charge in [-0.2, -0.15) is 5.10 Å². The van der Waals surface area contributed by atoms with Gasteiger partial charge in [0.25, 0.3) is 5.91 Å². The number of nitrogens with zero attached hydrogens (tertiary/aromatic N) is 1. The predicted octanol–water partition coefficient (Wildman–Crippen LogP) is 3.40. The molecule has 22 heavy (non-hydrogen) atoms. The Balaban J connectivity index is 1.85. The minimum atomic E-state index is -0.392. The summed E-state index contributed by atoms with van der Waals surface area (Å²) >= 11 is 5.75. The Kier molecular flexibility index (Phi) is 5.49. The van der Waals surface area contributed by atoms with Gasteiger partial charge in [0, 0.05) is 5.02 Å². The van der Waals surface area contributed by atoms with Crippen molar-refractivity contribution in [3.05, 3.63) is 64.9 Å². The van der Waals surface area contributed by atoms with Gasteiger partial charge in [-0.3, -0.25) is 4.79 Å². The van der Waals surface area contributed by atoms with E-state index >= 15 is 0 Å².